The van der Waals surface area contributed by atoms with E-state index >= 15 is 0 Å². The van der Waals surface area contributed by atoms with Gasteiger partial charge in [0.05, 0.1) is 5.56 Å². The van der Waals surface area contributed by atoms with Gasteiger partial charge in [0.25, 0.3) is 5.91 Å². The molecule has 0 spiro atoms. The Balaban J connectivity index is 1.60. The number of carbonyl (C=O) groups is 1. The first-order valence-electron chi connectivity index (χ1n) is 12.3. The number of aromatic nitrogens is 2. The molecule has 37 heavy (non-hydrogen) atoms. The molecule has 3 heterocycles. The van der Waals surface area contributed by atoms with Crippen LogP contribution in [0.2, 0.25) is 0 Å². The number of benzene rings is 1. The van der Waals surface area contributed by atoms with E-state index in [0.29, 0.717) is 11.4 Å². The van der Waals surface area contributed by atoms with Crippen LogP contribution in [0.1, 0.15) is 53.0 Å². The molecule has 0 saturated heterocycles. The summed E-state index contributed by atoms with van der Waals surface area (Å²) in [6.45, 7) is 9.46. The zero-order chi connectivity index (χ0) is 26.7. The summed E-state index contributed by atoms with van der Waals surface area (Å²) in [6.07, 6.45) is 6.60. The maximum absolute atomic E-state index is 13.1. The fraction of sp³-hybridized carbons (Fsp3) is 0.300. The van der Waals surface area contributed by atoms with Gasteiger partial charge in [-0.05, 0) is 93.1 Å². The van der Waals surface area contributed by atoms with Crippen molar-refractivity contribution >= 4 is 23.0 Å². The van der Waals surface area contributed by atoms with Gasteiger partial charge in [0.2, 0.25) is 0 Å². The number of nitrogens with two attached hydrogens (primary N) is 1. The monoisotopic (exact) mass is 495 g/mol. The molecule has 1 amide bonds. The van der Waals surface area contributed by atoms with E-state index in [0.717, 1.165) is 30.6 Å². The highest BCUT2D eigenvalue weighted by molar-refractivity contribution is 6.07. The van der Waals surface area contributed by atoms with Crippen LogP contribution in [-0.2, 0) is 0 Å². The van der Waals surface area contributed by atoms with Crippen molar-refractivity contribution in [1.82, 2.24) is 14.9 Å². The van der Waals surface area contributed by atoms with Crippen LogP contribution in [0.5, 0.6) is 0 Å². The van der Waals surface area contributed by atoms with E-state index in [1.807, 2.05) is 0 Å². The summed E-state index contributed by atoms with van der Waals surface area (Å²) in [5, 5.41) is 12.7. The van der Waals surface area contributed by atoms with Gasteiger partial charge in [0, 0.05) is 36.7 Å². The van der Waals surface area contributed by atoms with Gasteiger partial charge in [0.15, 0.2) is 0 Å². The molecule has 0 aliphatic carbocycles. The van der Waals surface area contributed by atoms with Crippen molar-refractivity contribution in [3.8, 4) is 23.0 Å². The number of amides is 1. The SMILES string of the molecule is Cc1cc(-c2cnc(N)c(C(=O)Nc3ccnc(C#CC(C)(C)O)c3)c2)cc(C)c1C1=CCN(C)CC1. The standard InChI is InChI=1S/C30H33N5O2/c1-19-14-22(15-20(2)27(19)21-8-12-35(5)13-9-21)23-16-26(28(31)33-18-23)29(36)34-25-7-11-32-24(17-25)6-10-30(3,4)37/h7-8,11,14-18,37H,9,12-13H2,1-5H3,(H2,31,33)(H,32,34,36). The maximum Gasteiger partial charge on any atom is 0.259 e. The topological polar surface area (TPSA) is 104 Å². The van der Waals surface area contributed by atoms with E-state index < -0.39 is 5.60 Å². The van der Waals surface area contributed by atoms with Crippen LogP contribution >= 0.6 is 0 Å². The van der Waals surface area contributed by atoms with Crippen LogP contribution in [0.15, 0.2) is 48.8 Å². The molecule has 190 valence electrons. The number of rotatable bonds is 4. The Kier molecular flexibility index (Phi) is 7.44. The summed E-state index contributed by atoms with van der Waals surface area (Å²) in [4.78, 5) is 23.9. The molecule has 4 N–H and O–H groups in total. The van der Waals surface area contributed by atoms with Crippen LogP contribution in [0.25, 0.3) is 16.7 Å². The first kappa shape index (κ1) is 26.1. The van der Waals surface area contributed by atoms with E-state index in [1.165, 1.54) is 22.3 Å². The molecule has 1 aromatic carbocycles. The van der Waals surface area contributed by atoms with E-state index in [1.54, 1.807) is 44.4 Å². The Morgan fingerprint density at radius 1 is 1.14 bits per heavy atom. The smallest absolute Gasteiger partial charge is 0.259 e. The molecule has 0 atom stereocenters. The molecule has 0 unspecified atom stereocenters. The lowest BCUT2D eigenvalue weighted by molar-refractivity contribution is 0.102. The Hall–Kier alpha value is -3.99. The first-order chi connectivity index (χ1) is 17.5. The van der Waals surface area contributed by atoms with Gasteiger partial charge in [-0.1, -0.05) is 24.1 Å². The second-order valence-corrected chi connectivity index (χ2v) is 10.1. The van der Waals surface area contributed by atoms with Gasteiger partial charge in [-0.15, -0.1) is 0 Å². The Morgan fingerprint density at radius 2 is 1.86 bits per heavy atom. The molecule has 1 aliphatic rings. The third-order valence-corrected chi connectivity index (χ3v) is 6.28. The summed E-state index contributed by atoms with van der Waals surface area (Å²) < 4.78 is 0. The van der Waals surface area contributed by atoms with Crippen molar-refractivity contribution in [2.45, 2.75) is 39.7 Å². The van der Waals surface area contributed by atoms with Crippen molar-refractivity contribution in [3.05, 3.63) is 76.7 Å². The number of hydrogen-bond acceptors (Lipinski definition) is 6. The van der Waals surface area contributed by atoms with Gasteiger partial charge in [0.1, 0.15) is 17.1 Å². The van der Waals surface area contributed by atoms with Gasteiger partial charge in [-0.2, -0.15) is 0 Å². The summed E-state index contributed by atoms with van der Waals surface area (Å²) in [6, 6.07) is 9.38. The molecule has 1 aliphatic heterocycles. The van der Waals surface area contributed by atoms with Gasteiger partial charge < -0.3 is 21.1 Å². The quantitative estimate of drug-likeness (QED) is 0.463. The Morgan fingerprint density at radius 3 is 2.51 bits per heavy atom. The molecule has 0 radical (unpaired) electrons. The predicted octanol–water partition coefficient (Wildman–Crippen LogP) is 4.44. The van der Waals surface area contributed by atoms with Crippen molar-refractivity contribution < 1.29 is 9.90 Å². The number of pyridine rings is 2. The number of aliphatic hydroxyl groups is 1. The zero-order valence-corrected chi connectivity index (χ0v) is 22.0. The molecule has 4 rings (SSSR count). The molecule has 0 saturated carbocycles. The van der Waals surface area contributed by atoms with Crippen LogP contribution < -0.4 is 11.1 Å². The third-order valence-electron chi connectivity index (χ3n) is 6.28. The highest BCUT2D eigenvalue weighted by Crippen LogP contribution is 2.32. The molecule has 7 nitrogen and oxygen atoms in total. The average Bonchev–Trinajstić information content (AvgIpc) is 2.83. The molecular formula is C30H33N5O2. The highest BCUT2D eigenvalue weighted by atomic mass is 16.3. The molecule has 0 fully saturated rings. The van der Waals surface area contributed by atoms with Gasteiger partial charge >= 0.3 is 0 Å². The molecule has 7 heteroatoms. The van der Waals surface area contributed by atoms with Gasteiger partial charge in [-0.3, -0.25) is 4.79 Å². The molecule has 3 aromatic rings. The minimum absolute atomic E-state index is 0.152. The second-order valence-electron chi connectivity index (χ2n) is 10.1. The third kappa shape index (κ3) is 6.42. The van der Waals surface area contributed by atoms with Crippen LogP contribution in [0.4, 0.5) is 11.5 Å². The first-order valence-corrected chi connectivity index (χ1v) is 12.3. The lowest BCUT2D eigenvalue weighted by Crippen LogP contribution is -2.24. The summed E-state index contributed by atoms with van der Waals surface area (Å²) in [5.41, 5.74) is 13.1. The van der Waals surface area contributed by atoms with E-state index in [-0.39, 0.29) is 17.3 Å². The van der Waals surface area contributed by atoms with E-state index in [4.69, 9.17) is 5.73 Å². The van der Waals surface area contributed by atoms with Crippen molar-refractivity contribution in [2.24, 2.45) is 0 Å². The fourth-order valence-electron chi connectivity index (χ4n) is 4.44. The zero-order valence-electron chi connectivity index (χ0n) is 22.0. The Bertz CT molecular complexity index is 1420. The highest BCUT2D eigenvalue weighted by Gasteiger charge is 2.17. The number of nitrogens with zero attached hydrogens (tertiary/aromatic N) is 3. The minimum Gasteiger partial charge on any atom is -0.383 e. The lowest BCUT2D eigenvalue weighted by Gasteiger charge is -2.24. The largest absolute Gasteiger partial charge is 0.383 e. The van der Waals surface area contributed by atoms with E-state index in [2.05, 4.69) is 71.1 Å². The average molecular weight is 496 g/mol. The summed E-state index contributed by atoms with van der Waals surface area (Å²) in [5.74, 6) is 5.31. The van der Waals surface area contributed by atoms with Crippen molar-refractivity contribution in [1.29, 1.82) is 0 Å². The summed E-state index contributed by atoms with van der Waals surface area (Å²) >= 11 is 0. The lowest BCUT2D eigenvalue weighted by atomic mass is 9.89. The molecular weight excluding hydrogens is 462 g/mol. The van der Waals surface area contributed by atoms with Crippen molar-refractivity contribution in [3.63, 3.8) is 0 Å². The number of likely N-dealkylation sites (N-methyl/N-ethyl adjacent to an activating group) is 1. The van der Waals surface area contributed by atoms with Crippen LogP contribution in [-0.4, -0.2) is 51.6 Å². The fourth-order valence-corrected chi connectivity index (χ4v) is 4.44. The Labute approximate surface area is 218 Å². The van der Waals surface area contributed by atoms with Crippen LogP contribution in [0, 0.1) is 25.7 Å². The van der Waals surface area contributed by atoms with E-state index in [9.17, 15) is 9.90 Å². The normalized spacial score (nSPS) is 13.9. The number of hydrogen-bond donors (Lipinski definition) is 3. The van der Waals surface area contributed by atoms with Crippen LogP contribution in [0.3, 0.4) is 0 Å². The number of aryl methyl sites for hydroxylation is 2. The van der Waals surface area contributed by atoms with Crippen molar-refractivity contribution in [2.75, 3.05) is 31.2 Å². The van der Waals surface area contributed by atoms with Gasteiger partial charge in [-0.25, -0.2) is 9.97 Å². The maximum atomic E-state index is 13.1. The minimum atomic E-state index is -1.14. The number of nitrogens with one attached hydrogen (secondary N) is 1. The molecule has 0 bridgehead atoms. The number of nitrogen functional groups attached to an aromatic ring is 1. The molecule has 2 aromatic heterocycles. The predicted molar refractivity (Wildman–Crippen MR) is 149 cm³/mol. The number of anilines is 2. The number of carbonyl (C=O) groups excluding carboxylic acids is 1. The second kappa shape index (κ2) is 10.6. The summed E-state index contributed by atoms with van der Waals surface area (Å²) in [7, 11) is 2.14.